The van der Waals surface area contributed by atoms with Crippen molar-refractivity contribution in [1.29, 1.82) is 0 Å². The molecule has 0 saturated carbocycles. The molecule has 0 spiro atoms. The van der Waals surface area contributed by atoms with E-state index in [1.54, 1.807) is 50.4 Å². The Kier molecular flexibility index (Phi) is 5.22. The van der Waals surface area contributed by atoms with Crippen molar-refractivity contribution in [2.24, 2.45) is 7.05 Å². The molecule has 2 aromatic carbocycles. The van der Waals surface area contributed by atoms with Crippen molar-refractivity contribution < 1.29 is 4.79 Å². The average molecular weight is 413 g/mol. The van der Waals surface area contributed by atoms with Crippen LogP contribution in [0.25, 0.3) is 22.2 Å². The molecular formula is C25H17ClN2O2. The molecule has 0 N–H and O–H groups in total. The molecule has 0 aliphatic heterocycles. The topological polar surface area (TPSA) is 52.0 Å². The van der Waals surface area contributed by atoms with Crippen LogP contribution in [0.4, 0.5) is 0 Å². The normalized spacial score (nSPS) is 10.5. The number of benzene rings is 2. The van der Waals surface area contributed by atoms with Gasteiger partial charge in [-0.05, 0) is 60.5 Å². The Balaban J connectivity index is 1.93. The van der Waals surface area contributed by atoms with Crippen molar-refractivity contribution in [2.75, 3.05) is 0 Å². The number of aromatic nitrogens is 2. The molecular weight excluding hydrogens is 396 g/mol. The van der Waals surface area contributed by atoms with Crippen molar-refractivity contribution in [2.45, 2.75) is 6.92 Å². The number of rotatable bonds is 3. The smallest absolute Gasteiger partial charge is 0.252 e. The van der Waals surface area contributed by atoms with Gasteiger partial charge < -0.3 is 0 Å². The van der Waals surface area contributed by atoms with E-state index in [0.29, 0.717) is 27.4 Å². The maximum Gasteiger partial charge on any atom is 0.252 e. The van der Waals surface area contributed by atoms with Crippen LogP contribution in [0.3, 0.4) is 0 Å². The van der Waals surface area contributed by atoms with E-state index in [1.807, 2.05) is 24.3 Å². The monoisotopic (exact) mass is 412 g/mol. The fourth-order valence-electron chi connectivity index (χ4n) is 3.37. The molecule has 4 nitrogen and oxygen atoms in total. The first kappa shape index (κ1) is 19.6. The van der Waals surface area contributed by atoms with Gasteiger partial charge in [-0.15, -0.1) is 5.92 Å². The zero-order valence-electron chi connectivity index (χ0n) is 16.4. The van der Waals surface area contributed by atoms with Gasteiger partial charge in [-0.3, -0.25) is 14.2 Å². The lowest BCUT2D eigenvalue weighted by molar-refractivity contribution is 0.103. The largest absolute Gasteiger partial charge is 0.296 e. The highest BCUT2D eigenvalue weighted by Crippen LogP contribution is 2.28. The standard InChI is InChI=1S/C25H17ClN2O2/c1-3-5-16-6-4-7-18(12-16)21-14-23(29)28(2)25-22(21)13-19(15-27-25)24(30)17-8-10-20(26)11-9-17/h4,6-15H,1-2H3. The Morgan fingerprint density at radius 2 is 1.80 bits per heavy atom. The summed E-state index contributed by atoms with van der Waals surface area (Å²) in [4.78, 5) is 29.9. The predicted octanol–water partition coefficient (Wildman–Crippen LogP) is 4.86. The van der Waals surface area contributed by atoms with E-state index in [1.165, 1.54) is 10.8 Å². The van der Waals surface area contributed by atoms with Gasteiger partial charge in [0.05, 0.1) is 0 Å². The molecule has 0 amide bonds. The van der Waals surface area contributed by atoms with Gasteiger partial charge in [-0.2, -0.15) is 0 Å². The zero-order valence-corrected chi connectivity index (χ0v) is 17.2. The van der Waals surface area contributed by atoms with Crippen molar-refractivity contribution in [3.05, 3.63) is 98.9 Å². The Hall–Kier alpha value is -3.68. The second-order valence-corrected chi connectivity index (χ2v) is 7.28. The van der Waals surface area contributed by atoms with Crippen molar-refractivity contribution in [3.63, 3.8) is 0 Å². The number of aryl methyl sites for hydroxylation is 1. The van der Waals surface area contributed by atoms with E-state index in [-0.39, 0.29) is 11.3 Å². The highest BCUT2D eigenvalue weighted by molar-refractivity contribution is 6.30. The Bertz CT molecular complexity index is 1410. The summed E-state index contributed by atoms with van der Waals surface area (Å²) >= 11 is 5.93. The summed E-state index contributed by atoms with van der Waals surface area (Å²) in [7, 11) is 1.67. The number of pyridine rings is 2. The van der Waals surface area contributed by atoms with Crippen LogP contribution < -0.4 is 5.56 Å². The van der Waals surface area contributed by atoms with Gasteiger partial charge in [0.15, 0.2) is 5.78 Å². The minimum atomic E-state index is -0.172. The lowest BCUT2D eigenvalue weighted by Crippen LogP contribution is -2.17. The summed E-state index contributed by atoms with van der Waals surface area (Å²) < 4.78 is 1.48. The molecule has 4 aromatic rings. The number of ketones is 1. The van der Waals surface area contributed by atoms with Gasteiger partial charge in [0.2, 0.25) is 0 Å². The van der Waals surface area contributed by atoms with Crippen LogP contribution in [0.1, 0.15) is 28.4 Å². The lowest BCUT2D eigenvalue weighted by atomic mass is 9.98. The predicted molar refractivity (Wildman–Crippen MR) is 120 cm³/mol. The molecule has 0 aliphatic carbocycles. The molecule has 0 saturated heterocycles. The van der Waals surface area contributed by atoms with E-state index >= 15 is 0 Å². The molecule has 0 aliphatic rings. The van der Waals surface area contributed by atoms with Gasteiger partial charge in [-0.1, -0.05) is 29.7 Å². The van der Waals surface area contributed by atoms with Crippen LogP contribution >= 0.6 is 11.6 Å². The highest BCUT2D eigenvalue weighted by atomic mass is 35.5. The molecule has 0 unspecified atom stereocenters. The fourth-order valence-corrected chi connectivity index (χ4v) is 3.49. The van der Waals surface area contributed by atoms with Gasteiger partial charge in [0.1, 0.15) is 5.65 Å². The number of halogens is 1. The van der Waals surface area contributed by atoms with Crippen LogP contribution in [0, 0.1) is 11.8 Å². The summed E-state index contributed by atoms with van der Waals surface area (Å²) in [5.74, 6) is 5.76. The number of carbonyl (C=O) groups is 1. The van der Waals surface area contributed by atoms with E-state index in [0.717, 1.165) is 16.5 Å². The molecule has 146 valence electrons. The van der Waals surface area contributed by atoms with Gasteiger partial charge in [0, 0.05) is 46.4 Å². The SMILES string of the molecule is CC#Cc1cccc(-c2cc(=O)n(C)c3ncc(C(=O)c4ccc(Cl)cc4)cc23)c1. The third-order valence-corrected chi connectivity index (χ3v) is 5.14. The maximum absolute atomic E-state index is 13.0. The van der Waals surface area contributed by atoms with Crippen LogP contribution in [-0.2, 0) is 7.05 Å². The van der Waals surface area contributed by atoms with Crippen LogP contribution in [0.2, 0.25) is 5.02 Å². The minimum Gasteiger partial charge on any atom is -0.296 e. The van der Waals surface area contributed by atoms with E-state index in [9.17, 15) is 9.59 Å². The third-order valence-electron chi connectivity index (χ3n) is 4.88. The maximum atomic E-state index is 13.0. The summed E-state index contributed by atoms with van der Waals surface area (Å²) in [6, 6.07) is 17.7. The number of hydrogen-bond acceptors (Lipinski definition) is 3. The Labute approximate surface area is 178 Å². The van der Waals surface area contributed by atoms with Gasteiger partial charge >= 0.3 is 0 Å². The summed E-state index contributed by atoms with van der Waals surface area (Å²) in [6.45, 7) is 1.78. The molecule has 2 heterocycles. The van der Waals surface area contributed by atoms with Crippen molar-refractivity contribution in [1.82, 2.24) is 9.55 Å². The molecule has 4 rings (SSSR count). The zero-order chi connectivity index (χ0) is 21.3. The number of nitrogens with zero attached hydrogens (tertiary/aromatic N) is 2. The molecule has 0 radical (unpaired) electrons. The first-order valence-corrected chi connectivity index (χ1v) is 9.69. The number of hydrogen-bond donors (Lipinski definition) is 0. The second kappa shape index (κ2) is 7.98. The molecule has 5 heteroatoms. The second-order valence-electron chi connectivity index (χ2n) is 6.84. The Morgan fingerprint density at radius 1 is 1.03 bits per heavy atom. The third kappa shape index (κ3) is 3.63. The van der Waals surface area contributed by atoms with Crippen LogP contribution in [0.5, 0.6) is 0 Å². The average Bonchev–Trinajstić information content (AvgIpc) is 2.76. The van der Waals surface area contributed by atoms with E-state index in [4.69, 9.17) is 11.6 Å². The van der Waals surface area contributed by atoms with Gasteiger partial charge in [-0.25, -0.2) is 4.98 Å². The quantitative estimate of drug-likeness (QED) is 0.357. The molecule has 30 heavy (non-hydrogen) atoms. The molecule has 0 bridgehead atoms. The van der Waals surface area contributed by atoms with Crippen molar-refractivity contribution >= 4 is 28.4 Å². The number of carbonyl (C=O) groups excluding carboxylic acids is 1. The molecule has 0 atom stereocenters. The molecule has 0 fully saturated rings. The summed E-state index contributed by atoms with van der Waals surface area (Å²) in [6.07, 6.45) is 1.50. The van der Waals surface area contributed by atoms with E-state index < -0.39 is 0 Å². The van der Waals surface area contributed by atoms with Crippen LogP contribution in [0.15, 0.2) is 71.7 Å². The summed E-state index contributed by atoms with van der Waals surface area (Å²) in [5, 5.41) is 1.29. The minimum absolute atomic E-state index is 0.161. The van der Waals surface area contributed by atoms with Gasteiger partial charge in [0.25, 0.3) is 5.56 Å². The molecule has 2 aromatic heterocycles. The number of fused-ring (bicyclic) bond motifs is 1. The van der Waals surface area contributed by atoms with E-state index in [2.05, 4.69) is 16.8 Å². The summed E-state index contributed by atoms with van der Waals surface area (Å²) in [5.41, 5.74) is 3.71. The Morgan fingerprint density at radius 3 is 2.53 bits per heavy atom. The first-order valence-electron chi connectivity index (χ1n) is 9.31. The lowest BCUT2D eigenvalue weighted by Gasteiger charge is -2.11. The fraction of sp³-hybridized carbons (Fsp3) is 0.0800. The first-order chi connectivity index (χ1) is 14.5. The van der Waals surface area contributed by atoms with Crippen LogP contribution in [-0.4, -0.2) is 15.3 Å². The van der Waals surface area contributed by atoms with Crippen molar-refractivity contribution in [3.8, 4) is 23.0 Å². The highest BCUT2D eigenvalue weighted by Gasteiger charge is 2.15.